The van der Waals surface area contributed by atoms with Crippen molar-refractivity contribution in [3.8, 4) is 0 Å². The van der Waals surface area contributed by atoms with Crippen LogP contribution in [0.3, 0.4) is 0 Å². The van der Waals surface area contributed by atoms with Gasteiger partial charge in [0.2, 0.25) is 6.41 Å². The molecule has 1 aliphatic rings. The van der Waals surface area contributed by atoms with Crippen LogP contribution in [0.2, 0.25) is 0 Å². The zero-order valence-corrected chi connectivity index (χ0v) is 16.5. The quantitative estimate of drug-likeness (QED) is 0.772. The number of hydrogen-bond donors (Lipinski definition) is 2. The second-order valence-electron chi connectivity index (χ2n) is 5.80. The highest BCUT2D eigenvalue weighted by Crippen LogP contribution is 2.27. The molecule has 1 aromatic carbocycles. The average Bonchev–Trinajstić information content (AvgIpc) is 3.06. The number of rotatable bonds is 4. The number of amides is 1. The third-order valence-electron chi connectivity index (χ3n) is 3.52. The van der Waals surface area contributed by atoms with E-state index in [0.717, 1.165) is 13.2 Å². The highest BCUT2D eigenvalue weighted by atomic mass is 32.1. The molecule has 0 atom stereocenters. The van der Waals surface area contributed by atoms with Crippen LogP contribution in [0.15, 0.2) is 29.6 Å². The van der Waals surface area contributed by atoms with Crippen molar-refractivity contribution >= 4 is 42.7 Å². The number of anilines is 2. The Balaban J connectivity index is 0.000000425. The highest BCUT2D eigenvalue weighted by molar-refractivity contribution is 7.10. The van der Waals surface area contributed by atoms with Crippen LogP contribution < -0.4 is 10.6 Å². The van der Waals surface area contributed by atoms with Gasteiger partial charge in [-0.15, -0.1) is 11.3 Å². The summed E-state index contributed by atoms with van der Waals surface area (Å²) in [6.45, 7) is 11.6. The molecule has 0 aliphatic carbocycles. The Labute approximate surface area is 162 Å². The standard InChI is InChI=1S/C9H13NOS.C8H8FNO.2CH2O/c1-7-8(3-4-12-7)10-9(2)5-11-6-9;1-6-4-7(10-5-11)2-3-8(6)9;2*1-2/h3-4,10H,5-6H2,1-2H3;2-5H,1H3,(H,10,11);2*1H2. The Kier molecular flexibility index (Phi) is 11.5. The molecule has 0 spiro atoms. The number of ether oxygens (including phenoxy) is 1. The number of aryl methyl sites for hydroxylation is 2. The molecule has 6 nitrogen and oxygen atoms in total. The van der Waals surface area contributed by atoms with Crippen molar-refractivity contribution in [3.05, 3.63) is 45.9 Å². The first-order chi connectivity index (χ1) is 12.9. The zero-order valence-electron chi connectivity index (χ0n) is 15.7. The molecule has 2 aromatic rings. The van der Waals surface area contributed by atoms with E-state index in [1.165, 1.54) is 22.7 Å². The summed E-state index contributed by atoms with van der Waals surface area (Å²) in [5.41, 5.74) is 2.56. The van der Waals surface area contributed by atoms with Gasteiger partial charge in [0.15, 0.2) is 0 Å². The highest BCUT2D eigenvalue weighted by Gasteiger charge is 2.33. The second kappa shape index (κ2) is 12.7. The normalized spacial score (nSPS) is 13.0. The molecule has 2 N–H and O–H groups in total. The minimum Gasteiger partial charge on any atom is -0.376 e. The third-order valence-corrected chi connectivity index (χ3v) is 4.37. The second-order valence-corrected chi connectivity index (χ2v) is 6.92. The van der Waals surface area contributed by atoms with E-state index in [1.54, 1.807) is 24.3 Å². The third kappa shape index (κ3) is 8.10. The molecule has 0 unspecified atom stereocenters. The lowest BCUT2D eigenvalue weighted by molar-refractivity contribution is -0.105. The van der Waals surface area contributed by atoms with Gasteiger partial charge in [-0.25, -0.2) is 4.39 Å². The van der Waals surface area contributed by atoms with E-state index in [-0.39, 0.29) is 11.4 Å². The Morgan fingerprint density at radius 3 is 2.22 bits per heavy atom. The first-order valence-electron chi connectivity index (χ1n) is 7.88. The number of halogens is 1. The SMILES string of the molecule is C=O.C=O.Cc1cc(NC=O)ccc1F.Cc1sccc1NC1(C)COC1. The van der Waals surface area contributed by atoms with E-state index in [0.29, 0.717) is 17.7 Å². The number of carbonyl (C=O) groups is 3. The largest absolute Gasteiger partial charge is 0.376 e. The van der Waals surface area contributed by atoms with Crippen LogP contribution in [0.4, 0.5) is 15.8 Å². The maximum Gasteiger partial charge on any atom is 0.211 e. The fourth-order valence-electron chi connectivity index (χ4n) is 2.12. The lowest BCUT2D eigenvalue weighted by Gasteiger charge is -2.39. The monoisotopic (exact) mass is 396 g/mol. The van der Waals surface area contributed by atoms with Crippen molar-refractivity contribution in [3.63, 3.8) is 0 Å². The van der Waals surface area contributed by atoms with Crippen LogP contribution in [-0.4, -0.2) is 38.7 Å². The summed E-state index contributed by atoms with van der Waals surface area (Å²) in [6.07, 6.45) is 0.562. The van der Waals surface area contributed by atoms with Crippen LogP contribution >= 0.6 is 11.3 Å². The summed E-state index contributed by atoms with van der Waals surface area (Å²) in [4.78, 5) is 27.3. The number of thiophene rings is 1. The summed E-state index contributed by atoms with van der Waals surface area (Å²) in [6, 6.07) is 6.53. The minimum absolute atomic E-state index is 0.172. The van der Waals surface area contributed by atoms with Crippen molar-refractivity contribution in [1.29, 1.82) is 0 Å². The van der Waals surface area contributed by atoms with Crippen molar-refractivity contribution in [1.82, 2.24) is 0 Å². The number of nitrogens with one attached hydrogen (secondary N) is 2. The first kappa shape index (κ1) is 24.4. The zero-order chi connectivity index (χ0) is 20.9. The van der Waals surface area contributed by atoms with Gasteiger partial charge in [0.1, 0.15) is 19.4 Å². The van der Waals surface area contributed by atoms with Gasteiger partial charge in [0, 0.05) is 16.3 Å². The lowest BCUT2D eigenvalue weighted by atomic mass is 10.0. The van der Waals surface area contributed by atoms with Gasteiger partial charge in [0.05, 0.1) is 18.8 Å². The van der Waals surface area contributed by atoms with Crippen LogP contribution in [0, 0.1) is 19.7 Å². The molecule has 1 aliphatic heterocycles. The molecule has 0 radical (unpaired) electrons. The molecule has 1 saturated heterocycles. The minimum atomic E-state index is -0.263. The van der Waals surface area contributed by atoms with Gasteiger partial charge >= 0.3 is 0 Å². The predicted molar refractivity (Wildman–Crippen MR) is 107 cm³/mol. The molecule has 8 heteroatoms. The van der Waals surface area contributed by atoms with E-state index in [1.807, 2.05) is 13.6 Å². The summed E-state index contributed by atoms with van der Waals surface area (Å²) in [7, 11) is 0. The lowest BCUT2D eigenvalue weighted by Crippen LogP contribution is -2.53. The van der Waals surface area contributed by atoms with E-state index in [2.05, 4.69) is 35.9 Å². The number of carbonyl (C=O) groups excluding carboxylic acids is 3. The molecule has 1 fully saturated rings. The maximum atomic E-state index is 12.6. The molecule has 27 heavy (non-hydrogen) atoms. The topological polar surface area (TPSA) is 84.5 Å². The Morgan fingerprint density at radius 1 is 1.19 bits per heavy atom. The summed E-state index contributed by atoms with van der Waals surface area (Å²) in [5, 5.41) is 8.03. The smallest absolute Gasteiger partial charge is 0.211 e. The molecule has 2 heterocycles. The van der Waals surface area contributed by atoms with Crippen molar-refractivity contribution in [2.45, 2.75) is 26.3 Å². The van der Waals surface area contributed by atoms with Gasteiger partial charge in [-0.2, -0.15) is 0 Å². The van der Waals surface area contributed by atoms with Crippen LogP contribution in [0.1, 0.15) is 17.4 Å². The van der Waals surface area contributed by atoms with E-state index < -0.39 is 0 Å². The van der Waals surface area contributed by atoms with E-state index in [4.69, 9.17) is 14.3 Å². The molecule has 1 amide bonds. The molecule has 0 saturated carbocycles. The Hall–Kier alpha value is -2.58. The van der Waals surface area contributed by atoms with Gasteiger partial charge < -0.3 is 25.0 Å². The van der Waals surface area contributed by atoms with Crippen molar-refractivity contribution in [2.75, 3.05) is 23.8 Å². The average molecular weight is 396 g/mol. The summed E-state index contributed by atoms with van der Waals surface area (Å²) >= 11 is 1.78. The van der Waals surface area contributed by atoms with E-state index in [9.17, 15) is 9.18 Å². The van der Waals surface area contributed by atoms with Gasteiger partial charge in [0.25, 0.3) is 0 Å². The van der Waals surface area contributed by atoms with Crippen LogP contribution in [0.5, 0.6) is 0 Å². The number of benzene rings is 1. The molecular formula is C19H25FN2O4S. The molecule has 0 bridgehead atoms. The van der Waals surface area contributed by atoms with Crippen molar-refractivity contribution < 1.29 is 23.5 Å². The maximum absolute atomic E-state index is 12.6. The summed E-state index contributed by atoms with van der Waals surface area (Å²) < 4.78 is 17.8. The Morgan fingerprint density at radius 2 is 1.81 bits per heavy atom. The Bertz CT molecular complexity index is 703. The molecule has 1 aromatic heterocycles. The van der Waals surface area contributed by atoms with Gasteiger partial charge in [-0.05, 0) is 56.0 Å². The van der Waals surface area contributed by atoms with E-state index >= 15 is 0 Å². The summed E-state index contributed by atoms with van der Waals surface area (Å²) in [5.74, 6) is -0.263. The first-order valence-corrected chi connectivity index (χ1v) is 8.75. The number of hydrogen-bond acceptors (Lipinski definition) is 6. The fourth-order valence-corrected chi connectivity index (χ4v) is 2.78. The van der Waals surface area contributed by atoms with Gasteiger partial charge in [-0.3, -0.25) is 4.79 Å². The predicted octanol–water partition coefficient (Wildman–Crippen LogP) is 3.59. The van der Waals surface area contributed by atoms with Gasteiger partial charge in [-0.1, -0.05) is 0 Å². The van der Waals surface area contributed by atoms with Crippen molar-refractivity contribution in [2.24, 2.45) is 0 Å². The molecular weight excluding hydrogens is 371 g/mol. The molecule has 148 valence electrons. The van der Waals surface area contributed by atoms with Crippen LogP contribution in [-0.2, 0) is 19.1 Å². The molecule has 3 rings (SSSR count). The fraction of sp³-hybridized carbons (Fsp3) is 0.316. The van der Waals surface area contributed by atoms with Crippen LogP contribution in [0.25, 0.3) is 0 Å².